The average molecular weight is 262 g/mol. The Balaban J connectivity index is 1.88. The highest BCUT2D eigenvalue weighted by molar-refractivity contribution is 5.97. The Kier molecular flexibility index (Phi) is 2.77. The summed E-state index contributed by atoms with van der Waals surface area (Å²) in [7, 11) is 0. The second kappa shape index (κ2) is 4.46. The first kappa shape index (κ1) is 11.8. The van der Waals surface area contributed by atoms with Crippen molar-refractivity contribution >= 4 is 23.4 Å². The maximum atomic E-state index is 11.8. The van der Waals surface area contributed by atoms with Crippen LogP contribution in [-0.4, -0.2) is 31.3 Å². The maximum absolute atomic E-state index is 11.8. The van der Waals surface area contributed by atoms with Crippen molar-refractivity contribution in [3.05, 3.63) is 18.2 Å². The van der Waals surface area contributed by atoms with Crippen LogP contribution in [0.2, 0.25) is 0 Å². The summed E-state index contributed by atoms with van der Waals surface area (Å²) in [5.41, 5.74) is 1.28. The van der Waals surface area contributed by atoms with Crippen molar-refractivity contribution < 1.29 is 19.1 Å². The molecule has 0 aromatic heterocycles. The quantitative estimate of drug-likeness (QED) is 0.881. The van der Waals surface area contributed by atoms with E-state index in [1.54, 1.807) is 23.1 Å². The van der Waals surface area contributed by atoms with Crippen molar-refractivity contribution in [3.63, 3.8) is 0 Å². The number of nitrogens with one attached hydrogen (secondary N) is 1. The molecule has 2 heterocycles. The molecule has 1 aromatic carbocycles. The lowest BCUT2D eigenvalue weighted by Gasteiger charge is -2.20. The van der Waals surface area contributed by atoms with Crippen LogP contribution in [0.5, 0.6) is 5.75 Å². The molecule has 0 aliphatic carbocycles. The Morgan fingerprint density at radius 1 is 1.42 bits per heavy atom. The number of nitrogens with zero attached hydrogens (tertiary/aromatic N) is 1. The summed E-state index contributed by atoms with van der Waals surface area (Å²) in [6, 6.07) is 5.26. The molecule has 0 radical (unpaired) electrons. The number of benzene rings is 1. The minimum atomic E-state index is -0.352. The molecule has 0 unspecified atom stereocenters. The normalized spacial score (nSPS) is 21.5. The monoisotopic (exact) mass is 262 g/mol. The molecule has 6 nitrogen and oxygen atoms in total. The van der Waals surface area contributed by atoms with Gasteiger partial charge in [0.1, 0.15) is 11.9 Å². The zero-order valence-electron chi connectivity index (χ0n) is 10.5. The van der Waals surface area contributed by atoms with Crippen molar-refractivity contribution in [1.82, 2.24) is 0 Å². The van der Waals surface area contributed by atoms with Crippen LogP contribution in [0.1, 0.15) is 13.3 Å². The first-order chi connectivity index (χ1) is 9.17. The van der Waals surface area contributed by atoms with E-state index in [2.05, 4.69) is 5.32 Å². The zero-order valence-corrected chi connectivity index (χ0v) is 10.5. The summed E-state index contributed by atoms with van der Waals surface area (Å²) in [6.45, 7) is 2.53. The molecule has 6 heteroatoms. The lowest BCUT2D eigenvalue weighted by atomic mass is 10.2. The molecule has 100 valence electrons. The Morgan fingerprint density at radius 2 is 2.26 bits per heavy atom. The van der Waals surface area contributed by atoms with Crippen molar-refractivity contribution in [2.75, 3.05) is 23.4 Å². The van der Waals surface area contributed by atoms with Gasteiger partial charge in [0.05, 0.1) is 12.2 Å². The first-order valence-electron chi connectivity index (χ1n) is 6.22. The van der Waals surface area contributed by atoms with Gasteiger partial charge >= 0.3 is 6.09 Å². The molecule has 1 saturated heterocycles. The van der Waals surface area contributed by atoms with Crippen LogP contribution in [0, 0.1) is 0 Å². The van der Waals surface area contributed by atoms with Crippen LogP contribution in [0.3, 0.4) is 0 Å². The predicted octanol–water partition coefficient (Wildman–Crippen LogP) is 1.75. The highest BCUT2D eigenvalue weighted by Gasteiger charge is 2.31. The lowest BCUT2D eigenvalue weighted by Crippen LogP contribution is -2.27. The van der Waals surface area contributed by atoms with E-state index in [-0.39, 0.29) is 24.7 Å². The number of amides is 2. The molecule has 1 atom stereocenters. The van der Waals surface area contributed by atoms with Crippen molar-refractivity contribution in [2.24, 2.45) is 0 Å². The highest BCUT2D eigenvalue weighted by Crippen LogP contribution is 2.33. The summed E-state index contributed by atoms with van der Waals surface area (Å²) in [6.07, 6.45) is 0.358. The van der Waals surface area contributed by atoms with Gasteiger partial charge < -0.3 is 14.8 Å². The van der Waals surface area contributed by atoms with E-state index < -0.39 is 0 Å². The lowest BCUT2D eigenvalue weighted by molar-refractivity contribution is -0.118. The number of hydrogen-bond acceptors (Lipinski definition) is 4. The second-order valence-corrected chi connectivity index (χ2v) is 4.54. The van der Waals surface area contributed by atoms with Crippen LogP contribution in [0.4, 0.5) is 16.2 Å². The number of carbonyl (C=O) groups is 2. The molecule has 2 amide bonds. The van der Waals surface area contributed by atoms with Crippen molar-refractivity contribution in [1.29, 1.82) is 0 Å². The van der Waals surface area contributed by atoms with Gasteiger partial charge in [-0.25, -0.2) is 4.79 Å². The van der Waals surface area contributed by atoms with E-state index >= 15 is 0 Å². The minimum Gasteiger partial charge on any atom is -0.482 e. The predicted molar refractivity (Wildman–Crippen MR) is 68.5 cm³/mol. The molecule has 0 bridgehead atoms. The van der Waals surface area contributed by atoms with E-state index in [4.69, 9.17) is 9.47 Å². The number of ether oxygens (including phenoxy) is 2. The highest BCUT2D eigenvalue weighted by atomic mass is 16.6. The third-order valence-electron chi connectivity index (χ3n) is 3.24. The number of fused-ring (bicyclic) bond motifs is 1. The van der Waals surface area contributed by atoms with Gasteiger partial charge in [-0.15, -0.1) is 0 Å². The van der Waals surface area contributed by atoms with E-state index in [0.717, 1.165) is 6.42 Å². The molecule has 1 N–H and O–H groups in total. The molecular formula is C13H14N2O4. The molecule has 0 spiro atoms. The minimum absolute atomic E-state index is 0.0238. The Hall–Kier alpha value is -2.24. The Morgan fingerprint density at radius 3 is 3.00 bits per heavy atom. The standard InChI is InChI=1S/C13H14N2O4/c1-2-9-6-15(13(17)19-9)8-3-4-11-10(5-8)14-12(16)7-18-11/h3-5,9H,2,6-7H2,1H3,(H,14,16)/t9-/m1/s1. The van der Waals surface area contributed by atoms with Crippen LogP contribution < -0.4 is 15.0 Å². The van der Waals surface area contributed by atoms with E-state index in [1.807, 2.05) is 6.92 Å². The van der Waals surface area contributed by atoms with Crippen LogP contribution >= 0.6 is 0 Å². The molecule has 2 aliphatic rings. The molecule has 1 aromatic rings. The van der Waals surface area contributed by atoms with Crippen molar-refractivity contribution in [2.45, 2.75) is 19.4 Å². The van der Waals surface area contributed by atoms with Gasteiger partial charge in [0.15, 0.2) is 6.61 Å². The third kappa shape index (κ3) is 2.09. The molecule has 2 aliphatic heterocycles. The van der Waals surface area contributed by atoms with Gasteiger partial charge in [0.2, 0.25) is 0 Å². The van der Waals surface area contributed by atoms with Crippen LogP contribution in [0.15, 0.2) is 18.2 Å². The zero-order chi connectivity index (χ0) is 13.4. The second-order valence-electron chi connectivity index (χ2n) is 4.54. The van der Waals surface area contributed by atoms with Gasteiger partial charge in [-0.2, -0.15) is 0 Å². The van der Waals surface area contributed by atoms with E-state index in [9.17, 15) is 9.59 Å². The Bertz CT molecular complexity index is 543. The topological polar surface area (TPSA) is 67.9 Å². The summed E-state index contributed by atoms with van der Waals surface area (Å²) in [5, 5.41) is 2.72. The van der Waals surface area contributed by atoms with Gasteiger partial charge in [-0.1, -0.05) is 6.92 Å². The third-order valence-corrected chi connectivity index (χ3v) is 3.24. The van der Waals surface area contributed by atoms with E-state index in [1.165, 1.54) is 0 Å². The number of carbonyl (C=O) groups excluding carboxylic acids is 2. The summed E-state index contributed by atoms with van der Waals surface area (Å²) in [4.78, 5) is 24.6. The molecule has 19 heavy (non-hydrogen) atoms. The van der Waals surface area contributed by atoms with Gasteiger partial charge in [0.25, 0.3) is 5.91 Å². The molecule has 3 rings (SSSR count). The van der Waals surface area contributed by atoms with E-state index in [0.29, 0.717) is 23.7 Å². The summed E-state index contributed by atoms with van der Waals surface area (Å²) in [5.74, 6) is 0.419. The molecule has 0 saturated carbocycles. The summed E-state index contributed by atoms with van der Waals surface area (Å²) < 4.78 is 10.5. The molecular weight excluding hydrogens is 248 g/mol. The fraction of sp³-hybridized carbons (Fsp3) is 0.385. The fourth-order valence-electron chi connectivity index (χ4n) is 2.18. The number of cyclic esters (lactones) is 1. The largest absolute Gasteiger partial charge is 0.482 e. The number of hydrogen-bond donors (Lipinski definition) is 1. The van der Waals surface area contributed by atoms with Crippen LogP contribution in [-0.2, 0) is 9.53 Å². The average Bonchev–Trinajstić information content (AvgIpc) is 2.79. The number of rotatable bonds is 2. The fourth-order valence-corrected chi connectivity index (χ4v) is 2.18. The maximum Gasteiger partial charge on any atom is 0.414 e. The van der Waals surface area contributed by atoms with Crippen molar-refractivity contribution in [3.8, 4) is 5.75 Å². The van der Waals surface area contributed by atoms with Gasteiger partial charge in [0, 0.05) is 5.69 Å². The SMILES string of the molecule is CC[C@@H]1CN(c2ccc3c(c2)NC(=O)CO3)C(=O)O1. The first-order valence-corrected chi connectivity index (χ1v) is 6.22. The Labute approximate surface area is 110 Å². The number of anilines is 2. The summed E-state index contributed by atoms with van der Waals surface area (Å²) >= 11 is 0. The van der Waals surface area contributed by atoms with Gasteiger partial charge in [-0.3, -0.25) is 9.69 Å². The smallest absolute Gasteiger partial charge is 0.414 e. The molecule has 1 fully saturated rings. The van der Waals surface area contributed by atoms with Gasteiger partial charge in [-0.05, 0) is 24.6 Å². The van der Waals surface area contributed by atoms with Crippen LogP contribution in [0.25, 0.3) is 0 Å².